The maximum Gasteiger partial charge on any atom is 0.0458 e. The summed E-state index contributed by atoms with van der Waals surface area (Å²) in [5.41, 5.74) is 13.0. The fourth-order valence-corrected chi connectivity index (χ4v) is 5.60. The topological polar surface area (TPSA) is 3.24 Å². The van der Waals surface area contributed by atoms with E-state index in [1.165, 1.54) is 50.1 Å². The van der Waals surface area contributed by atoms with Gasteiger partial charge in [-0.3, -0.25) is 0 Å². The summed E-state index contributed by atoms with van der Waals surface area (Å²) in [6.45, 7) is 4.34. The zero-order valence-corrected chi connectivity index (χ0v) is 25.8. The lowest BCUT2D eigenvalue weighted by molar-refractivity contribution is 1.25. The summed E-state index contributed by atoms with van der Waals surface area (Å²) < 4.78 is 0. The van der Waals surface area contributed by atoms with Crippen molar-refractivity contribution in [2.24, 2.45) is 0 Å². The van der Waals surface area contributed by atoms with Gasteiger partial charge in [-0.2, -0.15) is 0 Å². The van der Waals surface area contributed by atoms with Crippen LogP contribution in [0, 0.1) is 13.8 Å². The molecule has 0 aromatic heterocycles. The summed E-state index contributed by atoms with van der Waals surface area (Å²) >= 11 is 0. The molecule has 6 aromatic carbocycles. The molecule has 0 atom stereocenters. The van der Waals surface area contributed by atoms with Crippen molar-refractivity contribution < 1.29 is 0 Å². The van der Waals surface area contributed by atoms with Crippen molar-refractivity contribution in [1.82, 2.24) is 0 Å². The molecule has 0 bridgehead atoms. The molecular formula is C44H37N. The Kier molecular flexibility index (Phi) is 9.29. The highest BCUT2D eigenvalue weighted by Crippen LogP contribution is 2.33. The molecule has 1 nitrogen and oxygen atoms in total. The maximum absolute atomic E-state index is 2.31. The zero-order valence-electron chi connectivity index (χ0n) is 25.8. The molecular weight excluding hydrogens is 542 g/mol. The van der Waals surface area contributed by atoms with Crippen molar-refractivity contribution >= 4 is 28.6 Å². The summed E-state index contributed by atoms with van der Waals surface area (Å²) in [5, 5.41) is 0. The Balaban J connectivity index is 1.39. The number of hydrogen-bond donors (Lipinski definition) is 0. The van der Waals surface area contributed by atoms with Crippen LogP contribution in [0.5, 0.6) is 0 Å². The van der Waals surface area contributed by atoms with E-state index in [0.717, 1.165) is 11.4 Å². The molecule has 0 fully saturated rings. The Morgan fingerprint density at radius 1 is 0.467 bits per heavy atom. The Bertz CT molecular complexity index is 1850. The molecule has 6 rings (SSSR count). The second-order valence-corrected chi connectivity index (χ2v) is 11.2. The summed E-state index contributed by atoms with van der Waals surface area (Å²) in [4.78, 5) is 2.31. The van der Waals surface area contributed by atoms with Crippen molar-refractivity contribution in [2.45, 2.75) is 13.8 Å². The summed E-state index contributed by atoms with van der Waals surface area (Å²) in [5.74, 6) is 0. The van der Waals surface area contributed by atoms with E-state index in [1.807, 2.05) is 0 Å². The van der Waals surface area contributed by atoms with Crippen LogP contribution in [0.1, 0.15) is 38.9 Å². The first-order valence-electron chi connectivity index (χ1n) is 15.4. The van der Waals surface area contributed by atoms with Crippen LogP contribution in [0.25, 0.3) is 17.2 Å². The van der Waals surface area contributed by atoms with Crippen molar-refractivity contribution in [2.75, 3.05) is 4.90 Å². The van der Waals surface area contributed by atoms with Gasteiger partial charge in [0.2, 0.25) is 0 Å². The molecule has 0 amide bonds. The highest BCUT2D eigenvalue weighted by Gasteiger charge is 2.13. The van der Waals surface area contributed by atoms with E-state index in [9.17, 15) is 0 Å². The van der Waals surface area contributed by atoms with Crippen LogP contribution in [-0.4, -0.2) is 0 Å². The minimum atomic E-state index is 1.12. The van der Waals surface area contributed by atoms with Gasteiger partial charge in [0.05, 0.1) is 0 Å². The Labute approximate surface area is 267 Å². The molecule has 0 aliphatic carbocycles. The maximum atomic E-state index is 2.31. The fraction of sp³-hybridized carbons (Fsp3) is 0.0455. The van der Waals surface area contributed by atoms with E-state index in [0.29, 0.717) is 0 Å². The predicted octanol–water partition coefficient (Wildman–Crippen LogP) is 11.7. The molecule has 0 aliphatic rings. The highest BCUT2D eigenvalue weighted by molar-refractivity contribution is 5.85. The number of aryl methyl sites for hydroxylation is 2. The third-order valence-electron chi connectivity index (χ3n) is 7.95. The quantitative estimate of drug-likeness (QED) is 0.154. The third kappa shape index (κ3) is 7.29. The van der Waals surface area contributed by atoms with E-state index in [1.54, 1.807) is 0 Å². The lowest BCUT2D eigenvalue weighted by Crippen LogP contribution is -2.11. The van der Waals surface area contributed by atoms with Crippen LogP contribution >= 0.6 is 0 Å². The molecule has 0 saturated heterocycles. The predicted molar refractivity (Wildman–Crippen MR) is 193 cm³/mol. The molecule has 0 N–H and O–H groups in total. The molecule has 0 aliphatic heterocycles. The third-order valence-corrected chi connectivity index (χ3v) is 7.95. The largest absolute Gasteiger partial charge is 0.317 e. The minimum Gasteiger partial charge on any atom is -0.317 e. The molecule has 0 spiro atoms. The van der Waals surface area contributed by atoms with Crippen molar-refractivity contribution in [1.29, 1.82) is 0 Å². The van der Waals surface area contributed by atoms with Gasteiger partial charge in [0.1, 0.15) is 0 Å². The van der Waals surface area contributed by atoms with E-state index in [4.69, 9.17) is 0 Å². The normalized spacial score (nSPS) is 10.8. The molecule has 0 radical (unpaired) electrons. The number of allylic oxidation sites excluding steroid dienone is 2. The summed E-state index contributed by atoms with van der Waals surface area (Å²) in [7, 11) is 0. The summed E-state index contributed by atoms with van der Waals surface area (Å²) in [6, 6.07) is 57.8. The van der Waals surface area contributed by atoms with Gasteiger partial charge in [-0.15, -0.1) is 0 Å². The first-order chi connectivity index (χ1) is 22.2. The number of anilines is 2. The van der Waals surface area contributed by atoms with Gasteiger partial charge in [0, 0.05) is 23.1 Å². The van der Waals surface area contributed by atoms with Gasteiger partial charge in [0.25, 0.3) is 0 Å². The second-order valence-electron chi connectivity index (χ2n) is 11.2. The van der Waals surface area contributed by atoms with Crippen LogP contribution in [0.15, 0.2) is 182 Å². The molecule has 0 unspecified atom stereocenters. The molecule has 218 valence electrons. The van der Waals surface area contributed by atoms with Gasteiger partial charge in [-0.1, -0.05) is 158 Å². The van der Waals surface area contributed by atoms with Crippen LogP contribution in [0.4, 0.5) is 11.4 Å². The lowest BCUT2D eigenvalue weighted by atomic mass is 9.97. The minimum absolute atomic E-state index is 1.12. The standard InChI is InChI=1S/C44H37N/c1-34-17-15-27-41(31-34)45(33-44(39-22-11-5-12-23-39)40-24-13-6-14-25-40)42-30-29-36(35(2)32-42)26-16-28-43(37-18-7-3-8-19-37)38-20-9-4-10-21-38/h3-33H,1-2H3. The SMILES string of the molecule is Cc1cccc(N(C=C(c2ccccc2)c2ccccc2)c2ccc(C=CC=C(c3ccccc3)c3ccccc3)c(C)c2)c1. The van der Waals surface area contributed by atoms with E-state index >= 15 is 0 Å². The average molecular weight is 580 g/mol. The van der Waals surface area contributed by atoms with Gasteiger partial charge < -0.3 is 4.90 Å². The molecule has 45 heavy (non-hydrogen) atoms. The monoisotopic (exact) mass is 579 g/mol. The van der Waals surface area contributed by atoms with E-state index in [-0.39, 0.29) is 0 Å². The number of rotatable bonds is 9. The summed E-state index contributed by atoms with van der Waals surface area (Å²) in [6.07, 6.45) is 8.86. The van der Waals surface area contributed by atoms with E-state index in [2.05, 4.69) is 207 Å². The Morgan fingerprint density at radius 2 is 0.956 bits per heavy atom. The van der Waals surface area contributed by atoms with Crippen molar-refractivity contribution in [3.63, 3.8) is 0 Å². The zero-order chi connectivity index (χ0) is 30.8. The van der Waals surface area contributed by atoms with Crippen molar-refractivity contribution in [3.05, 3.63) is 221 Å². The average Bonchev–Trinajstić information content (AvgIpc) is 3.09. The van der Waals surface area contributed by atoms with Gasteiger partial charge >= 0.3 is 0 Å². The highest BCUT2D eigenvalue weighted by atomic mass is 15.1. The molecule has 6 aromatic rings. The molecule has 1 heteroatoms. The van der Waals surface area contributed by atoms with Crippen molar-refractivity contribution in [3.8, 4) is 0 Å². The second kappa shape index (κ2) is 14.2. The van der Waals surface area contributed by atoms with Crippen LogP contribution < -0.4 is 4.90 Å². The lowest BCUT2D eigenvalue weighted by Gasteiger charge is -2.24. The smallest absolute Gasteiger partial charge is 0.0458 e. The van der Waals surface area contributed by atoms with Crippen LogP contribution in [-0.2, 0) is 0 Å². The molecule has 0 saturated carbocycles. The van der Waals surface area contributed by atoms with Gasteiger partial charge in [-0.05, 0) is 82.6 Å². The first kappa shape index (κ1) is 29.4. The number of benzene rings is 6. The van der Waals surface area contributed by atoms with Gasteiger partial charge in [-0.25, -0.2) is 0 Å². The Morgan fingerprint density at radius 3 is 1.44 bits per heavy atom. The van der Waals surface area contributed by atoms with Crippen LogP contribution in [0.2, 0.25) is 0 Å². The van der Waals surface area contributed by atoms with E-state index < -0.39 is 0 Å². The first-order valence-corrected chi connectivity index (χ1v) is 15.4. The van der Waals surface area contributed by atoms with Gasteiger partial charge in [0.15, 0.2) is 0 Å². The Hall–Kier alpha value is -5.66. The van der Waals surface area contributed by atoms with Crippen LogP contribution in [0.3, 0.4) is 0 Å². The fourth-order valence-electron chi connectivity index (χ4n) is 5.60. The number of nitrogens with zero attached hydrogens (tertiary/aromatic N) is 1. The number of hydrogen-bond acceptors (Lipinski definition) is 1. The molecule has 0 heterocycles.